The monoisotopic (exact) mass is 379 g/mol. The topological polar surface area (TPSA) is 102 Å². The fourth-order valence-electron chi connectivity index (χ4n) is 1.68. The number of carbonyl (C=O) groups excluding carboxylic acids is 1. The Kier molecular flexibility index (Phi) is 7.68. The van der Waals surface area contributed by atoms with Crippen LogP contribution in [0.1, 0.15) is 25.8 Å². The predicted octanol–water partition coefficient (Wildman–Crippen LogP) is 2.79. The van der Waals surface area contributed by atoms with E-state index in [2.05, 4.69) is 34.6 Å². The predicted molar refractivity (Wildman–Crippen MR) is 102 cm³/mol. The number of anilines is 1. The first kappa shape index (κ1) is 19.2. The molecule has 1 heterocycles. The highest BCUT2D eigenvalue weighted by Crippen LogP contribution is 2.22. The Bertz CT molecular complexity index is 701. The van der Waals surface area contributed by atoms with Crippen LogP contribution in [0.15, 0.2) is 33.7 Å². The van der Waals surface area contributed by atoms with E-state index in [1.807, 2.05) is 24.3 Å². The molecule has 2 aromatic rings. The quantitative estimate of drug-likeness (QED) is 0.394. The van der Waals surface area contributed by atoms with E-state index in [-0.39, 0.29) is 11.7 Å². The molecular formula is C16H21N5O2S2. The van der Waals surface area contributed by atoms with E-state index in [9.17, 15) is 4.79 Å². The van der Waals surface area contributed by atoms with Gasteiger partial charge in [0.05, 0.1) is 18.6 Å². The van der Waals surface area contributed by atoms with Gasteiger partial charge in [0.25, 0.3) is 5.91 Å². The van der Waals surface area contributed by atoms with Crippen LogP contribution in [-0.4, -0.2) is 34.7 Å². The van der Waals surface area contributed by atoms with E-state index in [4.69, 9.17) is 10.5 Å². The second-order valence-electron chi connectivity index (χ2n) is 5.59. The zero-order valence-electron chi connectivity index (χ0n) is 14.1. The Balaban J connectivity index is 1.70. The fraction of sp³-hybridized carbons (Fsp3) is 0.375. The largest absolute Gasteiger partial charge is 0.494 e. The number of nitrogens with two attached hydrogens (primary N) is 1. The van der Waals surface area contributed by atoms with Gasteiger partial charge in [-0.3, -0.25) is 4.79 Å². The normalized spacial score (nSPS) is 11.2. The molecule has 0 unspecified atom stereocenters. The summed E-state index contributed by atoms with van der Waals surface area (Å²) >= 11 is 2.52. The molecule has 0 saturated heterocycles. The Morgan fingerprint density at radius 2 is 2.16 bits per heavy atom. The number of carbonyl (C=O) groups is 1. The molecule has 0 bridgehead atoms. The third-order valence-electron chi connectivity index (χ3n) is 3.00. The van der Waals surface area contributed by atoms with Gasteiger partial charge in [-0.15, -0.1) is 10.2 Å². The van der Waals surface area contributed by atoms with Gasteiger partial charge < -0.3 is 10.5 Å². The lowest BCUT2D eigenvalue weighted by atomic mass is 10.1. The Hall–Kier alpha value is -2.13. The van der Waals surface area contributed by atoms with Crippen LogP contribution in [0.2, 0.25) is 0 Å². The molecule has 25 heavy (non-hydrogen) atoms. The van der Waals surface area contributed by atoms with Crippen molar-refractivity contribution in [3.63, 3.8) is 0 Å². The highest BCUT2D eigenvalue weighted by atomic mass is 32.2. The van der Waals surface area contributed by atoms with Gasteiger partial charge in [-0.2, -0.15) is 5.10 Å². The first-order valence-corrected chi connectivity index (χ1v) is 9.59. The number of benzene rings is 1. The molecule has 3 N–H and O–H groups in total. The summed E-state index contributed by atoms with van der Waals surface area (Å²) < 4.78 is 6.31. The molecular weight excluding hydrogens is 358 g/mol. The van der Waals surface area contributed by atoms with E-state index in [1.165, 1.54) is 23.1 Å². The average Bonchev–Trinajstić information content (AvgIpc) is 2.99. The fourth-order valence-corrected chi connectivity index (χ4v) is 3.11. The molecule has 1 aromatic carbocycles. The second-order valence-corrected chi connectivity index (χ2v) is 7.82. The number of hydrazone groups is 1. The van der Waals surface area contributed by atoms with Crippen molar-refractivity contribution in [3.05, 3.63) is 29.8 Å². The first-order chi connectivity index (χ1) is 12.0. The number of thioether (sulfide) groups is 1. The zero-order chi connectivity index (χ0) is 18.1. The molecule has 9 heteroatoms. The van der Waals surface area contributed by atoms with Crippen molar-refractivity contribution in [2.45, 2.75) is 24.6 Å². The second kappa shape index (κ2) is 10.00. The number of nitrogen functional groups attached to an aromatic ring is 1. The highest BCUT2D eigenvalue weighted by molar-refractivity contribution is 8.01. The van der Waals surface area contributed by atoms with Crippen LogP contribution in [0, 0.1) is 5.92 Å². The molecule has 2 rings (SSSR count). The molecule has 0 fully saturated rings. The van der Waals surface area contributed by atoms with Crippen LogP contribution >= 0.6 is 23.1 Å². The minimum atomic E-state index is -0.219. The van der Waals surface area contributed by atoms with Gasteiger partial charge >= 0.3 is 0 Å². The van der Waals surface area contributed by atoms with E-state index in [0.29, 0.717) is 22.0 Å². The molecule has 0 aliphatic carbocycles. The lowest BCUT2D eigenvalue weighted by Gasteiger charge is -2.07. The van der Waals surface area contributed by atoms with Gasteiger partial charge in [0.2, 0.25) is 5.13 Å². The number of ether oxygens (including phenoxy) is 1. The van der Waals surface area contributed by atoms with Crippen molar-refractivity contribution in [2.75, 3.05) is 18.1 Å². The zero-order valence-corrected chi connectivity index (χ0v) is 15.8. The minimum absolute atomic E-state index is 0.203. The molecule has 1 amide bonds. The van der Waals surface area contributed by atoms with E-state index in [1.54, 1.807) is 6.21 Å². The number of hydrogen-bond acceptors (Lipinski definition) is 8. The van der Waals surface area contributed by atoms with E-state index >= 15 is 0 Å². The number of rotatable bonds is 9. The van der Waals surface area contributed by atoms with Crippen LogP contribution in [0.3, 0.4) is 0 Å². The van der Waals surface area contributed by atoms with Crippen molar-refractivity contribution < 1.29 is 9.53 Å². The van der Waals surface area contributed by atoms with Crippen LogP contribution in [0.5, 0.6) is 5.75 Å². The Labute approximate surface area is 155 Å². The third kappa shape index (κ3) is 7.53. The SMILES string of the molecule is CC(C)CCOc1ccc(C=NNC(=O)CSc2nnc(N)s2)cc1. The summed E-state index contributed by atoms with van der Waals surface area (Å²) in [5, 5.41) is 11.8. The smallest absolute Gasteiger partial charge is 0.250 e. The van der Waals surface area contributed by atoms with Gasteiger partial charge in [-0.05, 0) is 42.2 Å². The van der Waals surface area contributed by atoms with Crippen LogP contribution in [0.4, 0.5) is 5.13 Å². The number of hydrogen-bond donors (Lipinski definition) is 2. The van der Waals surface area contributed by atoms with E-state index in [0.717, 1.165) is 17.7 Å². The van der Waals surface area contributed by atoms with Gasteiger partial charge in [-0.1, -0.05) is 36.9 Å². The maximum Gasteiger partial charge on any atom is 0.250 e. The van der Waals surface area contributed by atoms with Crippen LogP contribution in [0.25, 0.3) is 0 Å². The summed E-state index contributed by atoms with van der Waals surface area (Å²) in [7, 11) is 0. The Morgan fingerprint density at radius 1 is 1.40 bits per heavy atom. The summed E-state index contributed by atoms with van der Waals surface area (Å²) in [5.41, 5.74) is 8.83. The molecule has 0 aliphatic rings. The maximum atomic E-state index is 11.7. The number of nitrogens with zero attached hydrogens (tertiary/aromatic N) is 3. The first-order valence-electron chi connectivity index (χ1n) is 7.79. The van der Waals surface area contributed by atoms with Crippen LogP contribution in [-0.2, 0) is 4.79 Å². The molecule has 7 nitrogen and oxygen atoms in total. The lowest BCUT2D eigenvalue weighted by Crippen LogP contribution is -2.19. The minimum Gasteiger partial charge on any atom is -0.494 e. The third-order valence-corrected chi connectivity index (χ3v) is 4.88. The summed E-state index contributed by atoms with van der Waals surface area (Å²) in [5.74, 6) is 1.44. The maximum absolute atomic E-state index is 11.7. The molecule has 0 saturated carbocycles. The number of aromatic nitrogens is 2. The van der Waals surface area contributed by atoms with Crippen molar-refractivity contribution in [1.82, 2.24) is 15.6 Å². The lowest BCUT2D eigenvalue weighted by molar-refractivity contribution is -0.118. The van der Waals surface area contributed by atoms with E-state index < -0.39 is 0 Å². The highest BCUT2D eigenvalue weighted by Gasteiger charge is 2.05. The standard InChI is InChI=1S/C16H21N5O2S2/c1-11(2)7-8-23-13-5-3-12(4-6-13)9-18-19-14(22)10-24-16-21-20-15(17)25-16/h3-6,9,11H,7-8,10H2,1-2H3,(H2,17,20)(H,19,22). The van der Waals surface area contributed by atoms with Gasteiger partial charge in [-0.25, -0.2) is 5.43 Å². The summed E-state index contributed by atoms with van der Waals surface area (Å²) in [6.07, 6.45) is 2.61. The molecule has 0 spiro atoms. The van der Waals surface area contributed by atoms with Crippen molar-refractivity contribution in [2.24, 2.45) is 11.0 Å². The van der Waals surface area contributed by atoms with Crippen LogP contribution < -0.4 is 15.9 Å². The summed E-state index contributed by atoms with van der Waals surface area (Å²) in [6, 6.07) is 7.55. The van der Waals surface area contributed by atoms with Gasteiger partial charge in [0.1, 0.15) is 5.75 Å². The van der Waals surface area contributed by atoms with Gasteiger partial charge in [0, 0.05) is 0 Å². The molecule has 0 aliphatic heterocycles. The van der Waals surface area contributed by atoms with Gasteiger partial charge in [0.15, 0.2) is 4.34 Å². The number of nitrogens with one attached hydrogen (secondary N) is 1. The van der Waals surface area contributed by atoms with Crippen molar-refractivity contribution >= 4 is 40.4 Å². The number of amides is 1. The van der Waals surface area contributed by atoms with Crippen molar-refractivity contribution in [3.8, 4) is 5.75 Å². The van der Waals surface area contributed by atoms with Crippen molar-refractivity contribution in [1.29, 1.82) is 0 Å². The summed E-state index contributed by atoms with van der Waals surface area (Å²) in [6.45, 7) is 5.04. The Morgan fingerprint density at radius 3 is 2.80 bits per heavy atom. The molecule has 134 valence electrons. The average molecular weight is 380 g/mol. The summed E-state index contributed by atoms with van der Waals surface area (Å²) in [4.78, 5) is 11.7. The molecule has 1 aromatic heterocycles. The molecule has 0 radical (unpaired) electrons. The molecule has 0 atom stereocenters.